The van der Waals surface area contributed by atoms with Crippen molar-refractivity contribution in [3.63, 3.8) is 0 Å². The number of aromatic nitrogens is 2. The Kier molecular flexibility index (Phi) is 7.48. The molecule has 1 saturated heterocycles. The molecule has 0 bridgehead atoms. The fraction of sp³-hybridized carbons (Fsp3) is 0.357. The van der Waals surface area contributed by atoms with Gasteiger partial charge in [-0.3, -0.25) is 4.79 Å². The van der Waals surface area contributed by atoms with Crippen molar-refractivity contribution in [3.05, 3.63) is 54.6 Å². The molecule has 3 heterocycles. The lowest BCUT2D eigenvalue weighted by Crippen LogP contribution is -2.46. The van der Waals surface area contributed by atoms with Gasteiger partial charge in [-0.05, 0) is 37.4 Å². The summed E-state index contributed by atoms with van der Waals surface area (Å²) in [6, 6.07) is 15.8. The number of para-hydroxylation sites is 1. The zero-order valence-electron chi connectivity index (χ0n) is 22.6. The number of pyridine rings is 1. The fourth-order valence-electron chi connectivity index (χ4n) is 5.07. The van der Waals surface area contributed by atoms with Gasteiger partial charge < -0.3 is 23.8 Å². The second-order valence-electron chi connectivity index (χ2n) is 9.70. The molecule has 0 unspecified atom stereocenters. The predicted molar refractivity (Wildman–Crippen MR) is 151 cm³/mol. The monoisotopic (exact) mass is 551 g/mol. The zero-order chi connectivity index (χ0) is 27.7. The van der Waals surface area contributed by atoms with Crippen LogP contribution in [0.15, 0.2) is 59.5 Å². The number of hydrogen-bond donors (Lipinski definition) is 0. The molecule has 0 saturated carbocycles. The van der Waals surface area contributed by atoms with Gasteiger partial charge in [-0.25, -0.2) is 8.42 Å². The Morgan fingerprint density at radius 2 is 1.64 bits per heavy atom. The Morgan fingerprint density at radius 3 is 2.36 bits per heavy atom. The van der Waals surface area contributed by atoms with Crippen LogP contribution in [0.1, 0.15) is 6.42 Å². The van der Waals surface area contributed by atoms with E-state index in [-0.39, 0.29) is 28.8 Å². The third-order valence-electron chi connectivity index (χ3n) is 7.32. The summed E-state index contributed by atoms with van der Waals surface area (Å²) >= 11 is 0. The standard InChI is InChI=1S/C28H33N5O5S/c1-30-15-17-32(18-16-30)14-13-27(34)33(25-11-12-26(37-3)29-28(25)38-4)39(35,36)20-9-10-24-22(19-20)21-7-5-6-8-23(21)31(24)2/h5-12,19H,13-18H2,1-4H3. The van der Waals surface area contributed by atoms with E-state index in [1.165, 1.54) is 26.4 Å². The lowest BCUT2D eigenvalue weighted by atomic mass is 10.1. The molecule has 206 valence electrons. The first-order chi connectivity index (χ1) is 18.7. The number of likely N-dealkylation sites (N-methyl/N-ethyl adjacent to an activating group) is 1. The van der Waals surface area contributed by atoms with Gasteiger partial charge in [0.2, 0.25) is 17.7 Å². The highest BCUT2D eigenvalue weighted by Crippen LogP contribution is 2.36. The highest BCUT2D eigenvalue weighted by molar-refractivity contribution is 7.93. The van der Waals surface area contributed by atoms with Crippen LogP contribution in [0.4, 0.5) is 5.69 Å². The lowest BCUT2D eigenvalue weighted by molar-refractivity contribution is -0.117. The van der Waals surface area contributed by atoms with Gasteiger partial charge in [0.05, 0.1) is 19.1 Å². The third kappa shape index (κ3) is 5.05. The van der Waals surface area contributed by atoms with Crippen molar-refractivity contribution in [2.24, 2.45) is 7.05 Å². The zero-order valence-corrected chi connectivity index (χ0v) is 23.4. The number of sulfonamides is 1. The lowest BCUT2D eigenvalue weighted by Gasteiger charge is -2.32. The van der Waals surface area contributed by atoms with Gasteiger partial charge in [-0.15, -0.1) is 0 Å². The Bertz CT molecular complexity index is 1630. The van der Waals surface area contributed by atoms with E-state index in [1.807, 2.05) is 35.9 Å². The molecule has 2 aromatic heterocycles. The Hall–Kier alpha value is -3.67. The molecule has 1 fully saturated rings. The van der Waals surface area contributed by atoms with Gasteiger partial charge in [0.15, 0.2) is 0 Å². The summed E-state index contributed by atoms with van der Waals surface area (Å²) in [7, 11) is 2.51. The molecule has 1 aliphatic heterocycles. The summed E-state index contributed by atoms with van der Waals surface area (Å²) in [4.78, 5) is 22.4. The molecular weight excluding hydrogens is 518 g/mol. The average Bonchev–Trinajstić information content (AvgIpc) is 3.24. The maximum Gasteiger partial charge on any atom is 0.271 e. The normalized spacial score (nSPS) is 15.1. The van der Waals surface area contributed by atoms with Crippen LogP contribution in [0.3, 0.4) is 0 Å². The number of anilines is 1. The van der Waals surface area contributed by atoms with E-state index in [2.05, 4.69) is 21.8 Å². The van der Waals surface area contributed by atoms with Gasteiger partial charge >= 0.3 is 0 Å². The number of methoxy groups -OCH3 is 2. The van der Waals surface area contributed by atoms with Gasteiger partial charge in [0.25, 0.3) is 10.0 Å². The second-order valence-corrected chi connectivity index (χ2v) is 11.5. The number of rotatable bonds is 8. The van der Waals surface area contributed by atoms with Gasteiger partial charge in [0.1, 0.15) is 5.69 Å². The smallest absolute Gasteiger partial charge is 0.271 e. The number of carbonyl (C=O) groups is 1. The minimum Gasteiger partial charge on any atom is -0.481 e. The van der Waals surface area contributed by atoms with Crippen LogP contribution in [-0.4, -0.2) is 87.7 Å². The first kappa shape index (κ1) is 26.9. The molecule has 0 radical (unpaired) electrons. The largest absolute Gasteiger partial charge is 0.481 e. The summed E-state index contributed by atoms with van der Waals surface area (Å²) in [6.45, 7) is 3.89. The molecule has 11 heteroatoms. The average molecular weight is 552 g/mol. The van der Waals surface area contributed by atoms with Crippen molar-refractivity contribution >= 4 is 43.4 Å². The van der Waals surface area contributed by atoms with E-state index < -0.39 is 15.9 Å². The van der Waals surface area contributed by atoms with Crippen LogP contribution in [-0.2, 0) is 21.9 Å². The molecular formula is C28H33N5O5S. The number of benzene rings is 2. The van der Waals surface area contributed by atoms with Crippen LogP contribution in [0, 0.1) is 0 Å². The topological polar surface area (TPSA) is 97.2 Å². The highest BCUT2D eigenvalue weighted by atomic mass is 32.2. The number of piperazine rings is 1. The molecule has 1 amide bonds. The van der Waals surface area contributed by atoms with Gasteiger partial charge in [-0.2, -0.15) is 9.29 Å². The molecule has 0 N–H and O–H groups in total. The third-order valence-corrected chi connectivity index (χ3v) is 9.05. The number of aryl methyl sites for hydroxylation is 1. The first-order valence-corrected chi connectivity index (χ1v) is 14.2. The Morgan fingerprint density at radius 1 is 0.923 bits per heavy atom. The van der Waals surface area contributed by atoms with E-state index in [0.29, 0.717) is 6.54 Å². The number of nitrogens with zero attached hydrogens (tertiary/aromatic N) is 5. The Balaban J connectivity index is 1.57. The summed E-state index contributed by atoms with van der Waals surface area (Å²) in [5.74, 6) is -0.329. The number of ether oxygens (including phenoxy) is 2. The van der Waals surface area contributed by atoms with E-state index in [0.717, 1.165) is 52.3 Å². The van der Waals surface area contributed by atoms with Crippen molar-refractivity contribution in [1.29, 1.82) is 0 Å². The van der Waals surface area contributed by atoms with Crippen LogP contribution in [0.2, 0.25) is 0 Å². The molecule has 4 aromatic rings. The van der Waals surface area contributed by atoms with Crippen molar-refractivity contribution in [1.82, 2.24) is 19.4 Å². The van der Waals surface area contributed by atoms with Crippen LogP contribution >= 0.6 is 0 Å². The molecule has 0 atom stereocenters. The van der Waals surface area contributed by atoms with Crippen molar-refractivity contribution in [3.8, 4) is 11.8 Å². The number of hydrogen-bond acceptors (Lipinski definition) is 8. The minimum atomic E-state index is -4.33. The van der Waals surface area contributed by atoms with Crippen molar-refractivity contribution in [2.45, 2.75) is 11.3 Å². The first-order valence-electron chi connectivity index (χ1n) is 12.8. The number of amides is 1. The second kappa shape index (κ2) is 10.8. The van der Waals surface area contributed by atoms with Crippen LogP contribution in [0.5, 0.6) is 11.8 Å². The molecule has 2 aromatic carbocycles. The van der Waals surface area contributed by atoms with E-state index >= 15 is 0 Å². The molecule has 1 aliphatic rings. The van der Waals surface area contributed by atoms with Gasteiger partial charge in [-0.1, -0.05) is 18.2 Å². The minimum absolute atomic E-state index is 0.0113. The maximum absolute atomic E-state index is 14.2. The van der Waals surface area contributed by atoms with Crippen LogP contribution < -0.4 is 13.8 Å². The highest BCUT2D eigenvalue weighted by Gasteiger charge is 2.34. The summed E-state index contributed by atoms with van der Waals surface area (Å²) in [5.41, 5.74) is 1.93. The summed E-state index contributed by atoms with van der Waals surface area (Å²) in [6.07, 6.45) is 0.0225. The van der Waals surface area contributed by atoms with Crippen LogP contribution in [0.25, 0.3) is 21.8 Å². The van der Waals surface area contributed by atoms with Crippen molar-refractivity contribution in [2.75, 3.05) is 58.3 Å². The molecule has 5 rings (SSSR count). The number of carbonyl (C=O) groups excluding carboxylic acids is 1. The van der Waals surface area contributed by atoms with Gasteiger partial charge in [0, 0.05) is 74.1 Å². The molecule has 0 spiro atoms. The van der Waals surface area contributed by atoms with E-state index in [4.69, 9.17) is 9.47 Å². The quantitative estimate of drug-likeness (QED) is 0.330. The summed E-state index contributed by atoms with van der Waals surface area (Å²) in [5, 5.41) is 1.72. The summed E-state index contributed by atoms with van der Waals surface area (Å²) < 4.78 is 42.0. The Labute approximate surface area is 228 Å². The molecule has 10 nitrogen and oxygen atoms in total. The molecule has 39 heavy (non-hydrogen) atoms. The number of fused-ring (bicyclic) bond motifs is 3. The predicted octanol–water partition coefficient (Wildman–Crippen LogP) is 3.10. The fourth-order valence-corrected chi connectivity index (χ4v) is 6.55. The molecule has 0 aliphatic carbocycles. The SMILES string of the molecule is COc1ccc(N(C(=O)CCN2CCN(C)CC2)S(=O)(=O)c2ccc3c(c2)c2ccccc2n3C)c(OC)n1. The maximum atomic E-state index is 14.2. The van der Waals surface area contributed by atoms with Crippen molar-refractivity contribution < 1.29 is 22.7 Å². The van der Waals surface area contributed by atoms with E-state index in [1.54, 1.807) is 18.2 Å². The van der Waals surface area contributed by atoms with E-state index in [9.17, 15) is 13.2 Å².